The number of hydrogen-bond acceptors (Lipinski definition) is 5. The highest BCUT2D eigenvalue weighted by atomic mass is 32.2. The number of nitrogens with one attached hydrogen (secondary N) is 1. The maximum atomic E-state index is 12.2. The van der Waals surface area contributed by atoms with Gasteiger partial charge in [-0.05, 0) is 11.6 Å². The predicted octanol–water partition coefficient (Wildman–Crippen LogP) is 1.46. The van der Waals surface area contributed by atoms with E-state index < -0.39 is 28.6 Å². The van der Waals surface area contributed by atoms with Crippen LogP contribution in [0.15, 0.2) is 46.0 Å². The molecule has 1 heterocycles. The minimum absolute atomic E-state index is 0.0827. The van der Waals surface area contributed by atoms with Gasteiger partial charge in [0.05, 0.1) is 18.2 Å². The number of carboxylic acids is 1. The zero-order valence-electron chi connectivity index (χ0n) is 10.8. The van der Waals surface area contributed by atoms with Crippen molar-refractivity contribution >= 4 is 27.3 Å². The number of sulfonamides is 1. The highest BCUT2D eigenvalue weighted by Gasteiger charge is 2.23. The average Bonchev–Trinajstić information content (AvgIpc) is 2.96. The van der Waals surface area contributed by atoms with E-state index in [1.807, 2.05) is 0 Å². The van der Waals surface area contributed by atoms with E-state index in [1.165, 1.54) is 5.38 Å². The third-order valence-corrected chi connectivity index (χ3v) is 5.68. The summed E-state index contributed by atoms with van der Waals surface area (Å²) in [6, 6.07) is 8.95. The molecule has 0 amide bonds. The Labute approximate surface area is 125 Å². The molecule has 0 aliphatic rings. The van der Waals surface area contributed by atoms with Gasteiger partial charge < -0.3 is 10.2 Å². The number of aliphatic hydroxyl groups excluding tert-OH is 1. The lowest BCUT2D eigenvalue weighted by molar-refractivity contribution is 0.0697. The summed E-state index contributed by atoms with van der Waals surface area (Å²) in [7, 11) is -3.89. The summed E-state index contributed by atoms with van der Waals surface area (Å²) in [5, 5.41) is 19.4. The molecule has 2 rings (SSSR count). The van der Waals surface area contributed by atoms with E-state index in [0.29, 0.717) is 5.56 Å². The summed E-state index contributed by atoms with van der Waals surface area (Å²) in [6.45, 7) is -0.402. The molecule has 2 aromatic rings. The van der Waals surface area contributed by atoms with Gasteiger partial charge in [0.15, 0.2) is 0 Å². The Morgan fingerprint density at radius 1 is 1.29 bits per heavy atom. The Balaban J connectivity index is 2.25. The van der Waals surface area contributed by atoms with Crippen LogP contribution in [0.5, 0.6) is 0 Å². The Hall–Kier alpha value is -1.74. The van der Waals surface area contributed by atoms with E-state index in [9.17, 15) is 18.3 Å². The smallest absolute Gasteiger partial charge is 0.336 e. The normalized spacial score (nSPS) is 13.0. The average molecular weight is 327 g/mol. The van der Waals surface area contributed by atoms with Gasteiger partial charge in [0, 0.05) is 5.38 Å². The monoisotopic (exact) mass is 327 g/mol. The van der Waals surface area contributed by atoms with Crippen molar-refractivity contribution < 1.29 is 23.4 Å². The largest absolute Gasteiger partial charge is 0.478 e. The summed E-state index contributed by atoms with van der Waals surface area (Å²) >= 11 is 0.820. The van der Waals surface area contributed by atoms with Gasteiger partial charge in [-0.2, -0.15) is 0 Å². The van der Waals surface area contributed by atoms with Crippen LogP contribution >= 0.6 is 11.3 Å². The number of benzene rings is 1. The van der Waals surface area contributed by atoms with Gasteiger partial charge in [-0.25, -0.2) is 17.9 Å². The third kappa shape index (κ3) is 3.67. The molecule has 0 saturated heterocycles. The zero-order valence-corrected chi connectivity index (χ0v) is 12.4. The van der Waals surface area contributed by atoms with Crippen LogP contribution in [0.25, 0.3) is 0 Å². The van der Waals surface area contributed by atoms with Crippen molar-refractivity contribution in [3.05, 3.63) is 52.9 Å². The second-order valence-electron chi connectivity index (χ2n) is 4.23. The van der Waals surface area contributed by atoms with Gasteiger partial charge in [-0.15, -0.1) is 11.3 Å². The number of rotatable bonds is 6. The van der Waals surface area contributed by atoms with Crippen LogP contribution < -0.4 is 4.72 Å². The summed E-state index contributed by atoms with van der Waals surface area (Å²) in [4.78, 5) is 10.8. The fourth-order valence-corrected chi connectivity index (χ4v) is 4.10. The van der Waals surface area contributed by atoms with Crippen molar-refractivity contribution in [2.24, 2.45) is 0 Å². The Bertz CT molecular complexity index is 724. The van der Waals surface area contributed by atoms with Crippen molar-refractivity contribution in [1.29, 1.82) is 0 Å². The zero-order chi connectivity index (χ0) is 15.5. The highest BCUT2D eigenvalue weighted by molar-refractivity contribution is 7.91. The molecule has 1 aromatic heterocycles. The lowest BCUT2D eigenvalue weighted by atomic mass is 10.1. The Morgan fingerprint density at radius 2 is 1.95 bits per heavy atom. The minimum Gasteiger partial charge on any atom is -0.478 e. The molecule has 6 nitrogen and oxygen atoms in total. The molecule has 1 atom stereocenters. The highest BCUT2D eigenvalue weighted by Crippen LogP contribution is 2.23. The van der Waals surface area contributed by atoms with Crippen molar-refractivity contribution in [1.82, 2.24) is 4.72 Å². The van der Waals surface area contributed by atoms with Crippen molar-refractivity contribution in [2.45, 2.75) is 10.3 Å². The first-order valence-electron chi connectivity index (χ1n) is 5.94. The molecule has 0 aliphatic carbocycles. The quantitative estimate of drug-likeness (QED) is 0.745. The summed E-state index contributed by atoms with van der Waals surface area (Å²) in [6.07, 6.45) is 0. The first-order chi connectivity index (χ1) is 9.94. The molecular weight excluding hydrogens is 314 g/mol. The molecule has 21 heavy (non-hydrogen) atoms. The molecule has 1 aromatic carbocycles. The number of aromatic carboxylic acids is 1. The number of carboxylic acid groups (broad SMARTS) is 1. The van der Waals surface area contributed by atoms with Gasteiger partial charge in [0.25, 0.3) is 10.0 Å². The molecule has 0 bridgehead atoms. The first-order valence-corrected chi connectivity index (χ1v) is 8.30. The maximum absolute atomic E-state index is 12.2. The van der Waals surface area contributed by atoms with E-state index in [2.05, 4.69) is 4.72 Å². The lowest BCUT2D eigenvalue weighted by Crippen LogP contribution is -2.30. The van der Waals surface area contributed by atoms with Gasteiger partial charge >= 0.3 is 5.97 Å². The van der Waals surface area contributed by atoms with E-state index in [4.69, 9.17) is 5.11 Å². The molecule has 0 radical (unpaired) electrons. The fraction of sp³-hybridized carbons (Fsp3) is 0.154. The SMILES string of the molecule is O=C(O)c1csc(S(=O)(=O)N[C@@H](CO)c2ccccc2)c1. The molecular formula is C13H13NO5S2. The molecule has 0 fully saturated rings. The van der Waals surface area contributed by atoms with Gasteiger partial charge in [0.2, 0.25) is 0 Å². The maximum Gasteiger partial charge on any atom is 0.336 e. The number of hydrogen-bond donors (Lipinski definition) is 3. The summed E-state index contributed by atoms with van der Waals surface area (Å²) in [5.74, 6) is -1.19. The molecule has 0 unspecified atom stereocenters. The fourth-order valence-electron chi connectivity index (χ4n) is 1.71. The van der Waals surface area contributed by atoms with Crippen molar-refractivity contribution in [3.8, 4) is 0 Å². The molecule has 8 heteroatoms. The van der Waals surface area contributed by atoms with Gasteiger partial charge in [-0.3, -0.25) is 0 Å². The summed E-state index contributed by atoms with van der Waals surface area (Å²) in [5.41, 5.74) is 0.541. The standard InChI is InChI=1S/C13H13NO5S2/c15-7-11(9-4-2-1-3-5-9)14-21(18,19)12-6-10(8-20-12)13(16)17/h1-6,8,11,14-15H,7H2,(H,16,17)/t11-/m0/s1. The van der Waals surface area contributed by atoms with E-state index in [0.717, 1.165) is 17.4 Å². The van der Waals surface area contributed by atoms with Crippen LogP contribution in [-0.4, -0.2) is 31.2 Å². The first kappa shape index (κ1) is 15.6. The van der Waals surface area contributed by atoms with E-state index in [-0.39, 0.29) is 9.77 Å². The van der Waals surface area contributed by atoms with Crippen LogP contribution in [0, 0.1) is 0 Å². The molecule has 0 aliphatic heterocycles. The number of thiophene rings is 1. The van der Waals surface area contributed by atoms with Gasteiger partial charge in [-0.1, -0.05) is 30.3 Å². The number of carbonyl (C=O) groups is 1. The summed E-state index contributed by atoms with van der Waals surface area (Å²) < 4.78 is 26.7. The minimum atomic E-state index is -3.89. The molecule has 3 N–H and O–H groups in total. The predicted molar refractivity (Wildman–Crippen MR) is 77.9 cm³/mol. The van der Waals surface area contributed by atoms with Crippen LogP contribution in [-0.2, 0) is 10.0 Å². The second-order valence-corrected chi connectivity index (χ2v) is 7.08. The van der Waals surface area contributed by atoms with Crippen LogP contribution in [0.4, 0.5) is 0 Å². The van der Waals surface area contributed by atoms with Crippen molar-refractivity contribution in [3.63, 3.8) is 0 Å². The third-order valence-electron chi connectivity index (χ3n) is 2.77. The van der Waals surface area contributed by atoms with Crippen molar-refractivity contribution in [2.75, 3.05) is 6.61 Å². The van der Waals surface area contributed by atoms with Crippen LogP contribution in [0.3, 0.4) is 0 Å². The van der Waals surface area contributed by atoms with E-state index in [1.54, 1.807) is 30.3 Å². The molecule has 0 saturated carbocycles. The van der Waals surface area contributed by atoms with Crippen LogP contribution in [0.1, 0.15) is 22.0 Å². The van der Waals surface area contributed by atoms with Crippen LogP contribution in [0.2, 0.25) is 0 Å². The molecule has 112 valence electrons. The van der Waals surface area contributed by atoms with Gasteiger partial charge in [0.1, 0.15) is 4.21 Å². The number of aliphatic hydroxyl groups is 1. The second kappa shape index (κ2) is 6.35. The Morgan fingerprint density at radius 3 is 2.48 bits per heavy atom. The Kier molecular flexibility index (Phi) is 4.73. The van der Waals surface area contributed by atoms with E-state index >= 15 is 0 Å². The topological polar surface area (TPSA) is 104 Å². The molecule has 0 spiro atoms. The lowest BCUT2D eigenvalue weighted by Gasteiger charge is -2.16.